The number of fused-ring (bicyclic) bond motifs is 1. The van der Waals surface area contributed by atoms with Crippen LogP contribution in [-0.2, 0) is 14.3 Å². The zero-order valence-corrected chi connectivity index (χ0v) is 21.3. The van der Waals surface area contributed by atoms with E-state index in [0.29, 0.717) is 35.3 Å². The molecule has 1 aromatic rings. The predicted octanol–water partition coefficient (Wildman–Crippen LogP) is 4.19. The number of rotatable bonds is 10. The third-order valence-electron chi connectivity index (χ3n) is 7.26. The monoisotopic (exact) mass is 499 g/mol. The molecule has 0 saturated carbocycles. The summed E-state index contributed by atoms with van der Waals surface area (Å²) in [5.74, 6) is -3.49. The highest BCUT2D eigenvalue weighted by atomic mass is 16.5. The smallest absolute Gasteiger partial charge is 0.423 e. The molecule has 1 aliphatic heterocycles. The number of benzene rings is 1. The van der Waals surface area contributed by atoms with Crippen LogP contribution in [0.5, 0.6) is 5.75 Å². The van der Waals surface area contributed by atoms with Gasteiger partial charge in [0.25, 0.3) is 0 Å². The molecule has 196 valence electrons. The fourth-order valence-electron chi connectivity index (χ4n) is 5.67. The van der Waals surface area contributed by atoms with Crippen molar-refractivity contribution in [2.75, 3.05) is 13.7 Å². The fourth-order valence-corrected chi connectivity index (χ4v) is 5.67. The molecule has 0 bridgehead atoms. The van der Waals surface area contributed by atoms with E-state index < -0.39 is 48.4 Å². The second kappa shape index (κ2) is 12.3. The van der Waals surface area contributed by atoms with Gasteiger partial charge in [-0.25, -0.2) is 4.79 Å². The van der Waals surface area contributed by atoms with Crippen LogP contribution in [0, 0.1) is 17.8 Å². The maximum Gasteiger partial charge on any atom is 0.423 e. The summed E-state index contributed by atoms with van der Waals surface area (Å²) in [6.07, 6.45) is 4.34. The van der Waals surface area contributed by atoms with Gasteiger partial charge in [-0.1, -0.05) is 62.1 Å². The Morgan fingerprint density at radius 3 is 2.50 bits per heavy atom. The summed E-state index contributed by atoms with van der Waals surface area (Å²) < 4.78 is 4.64. The standard InChI is InChI=1S/C28H37NO7/c1-4-8-17(14-18-10-6-7-11-22(18)31)12-13-23(32)24-19(9-5-2)15-20-25(21(24)16-30)27(34)29(26(20)33)28(35)36-3/h6-7,10-11,14,20-21,23,25,30-32H,4-5,8-9,12-13,15-16H2,1-3H3/b17-14+/t20-,21+,23-,25-/m1/s1. The third kappa shape index (κ3) is 5.55. The highest BCUT2D eigenvalue weighted by Gasteiger charge is 2.57. The Bertz CT molecular complexity index is 1040. The third-order valence-corrected chi connectivity index (χ3v) is 7.26. The number of hydrogen-bond donors (Lipinski definition) is 3. The van der Waals surface area contributed by atoms with E-state index in [-0.39, 0.29) is 12.2 Å². The zero-order chi connectivity index (χ0) is 26.4. The molecule has 4 atom stereocenters. The molecule has 0 radical (unpaired) electrons. The maximum atomic E-state index is 13.1. The van der Waals surface area contributed by atoms with Crippen molar-refractivity contribution in [3.8, 4) is 5.75 Å². The summed E-state index contributed by atoms with van der Waals surface area (Å²) in [5, 5.41) is 31.8. The predicted molar refractivity (Wildman–Crippen MR) is 135 cm³/mol. The van der Waals surface area contributed by atoms with Crippen molar-refractivity contribution in [2.24, 2.45) is 17.8 Å². The first kappa shape index (κ1) is 27.6. The molecular formula is C28H37NO7. The molecule has 0 spiro atoms. The number of likely N-dealkylation sites (tertiary alicyclic amines) is 1. The van der Waals surface area contributed by atoms with Gasteiger partial charge in [0.2, 0.25) is 11.8 Å². The van der Waals surface area contributed by atoms with Gasteiger partial charge in [-0.15, -0.1) is 0 Å². The summed E-state index contributed by atoms with van der Waals surface area (Å²) >= 11 is 0. The van der Waals surface area contributed by atoms with Gasteiger partial charge in [0.15, 0.2) is 0 Å². The number of hydrogen-bond acceptors (Lipinski definition) is 7. The van der Waals surface area contributed by atoms with Crippen molar-refractivity contribution in [1.82, 2.24) is 4.90 Å². The van der Waals surface area contributed by atoms with Crippen molar-refractivity contribution in [1.29, 1.82) is 0 Å². The van der Waals surface area contributed by atoms with E-state index >= 15 is 0 Å². The number of aliphatic hydroxyl groups excluding tert-OH is 2. The summed E-state index contributed by atoms with van der Waals surface area (Å²) in [4.78, 5) is 38.7. The van der Waals surface area contributed by atoms with Crippen LogP contribution in [0.25, 0.3) is 6.08 Å². The number of amides is 3. The number of phenolic OH excluding ortho intramolecular Hbond substituents is 1. The zero-order valence-electron chi connectivity index (χ0n) is 21.3. The lowest BCUT2D eigenvalue weighted by Crippen LogP contribution is -2.40. The topological polar surface area (TPSA) is 124 Å². The highest BCUT2D eigenvalue weighted by molar-refractivity contribution is 6.15. The number of nitrogens with zero attached hydrogens (tertiary/aromatic N) is 1. The molecule has 0 unspecified atom stereocenters. The summed E-state index contributed by atoms with van der Waals surface area (Å²) in [7, 11) is 1.11. The first-order chi connectivity index (χ1) is 17.3. The van der Waals surface area contributed by atoms with Crippen molar-refractivity contribution in [3.05, 3.63) is 46.5 Å². The largest absolute Gasteiger partial charge is 0.507 e. The molecular weight excluding hydrogens is 462 g/mol. The Labute approximate surface area is 212 Å². The Balaban J connectivity index is 1.89. The van der Waals surface area contributed by atoms with E-state index in [0.717, 1.165) is 37.5 Å². The number of methoxy groups -OCH3 is 1. The molecule has 1 saturated heterocycles. The van der Waals surface area contributed by atoms with E-state index in [9.17, 15) is 29.7 Å². The van der Waals surface area contributed by atoms with E-state index in [2.05, 4.69) is 11.7 Å². The van der Waals surface area contributed by atoms with E-state index in [1.165, 1.54) is 0 Å². The molecule has 1 aromatic carbocycles. The van der Waals surface area contributed by atoms with Gasteiger partial charge in [0.1, 0.15) is 5.75 Å². The number of aromatic hydroxyl groups is 1. The van der Waals surface area contributed by atoms with Gasteiger partial charge in [0.05, 0.1) is 31.7 Å². The van der Waals surface area contributed by atoms with E-state index in [1.807, 2.05) is 25.1 Å². The summed E-state index contributed by atoms with van der Waals surface area (Å²) in [6, 6.07) is 7.09. The van der Waals surface area contributed by atoms with Gasteiger partial charge in [-0.3, -0.25) is 9.59 Å². The lowest BCUT2D eigenvalue weighted by atomic mass is 9.67. The Kier molecular flexibility index (Phi) is 9.45. The van der Waals surface area contributed by atoms with Gasteiger partial charge in [-0.05, 0) is 43.7 Å². The van der Waals surface area contributed by atoms with E-state index in [1.54, 1.807) is 12.1 Å². The molecule has 3 N–H and O–H groups in total. The number of carbonyl (C=O) groups is 3. The summed E-state index contributed by atoms with van der Waals surface area (Å²) in [6.45, 7) is 3.65. The Morgan fingerprint density at radius 2 is 1.89 bits per heavy atom. The maximum absolute atomic E-state index is 13.1. The normalized spacial score (nSPS) is 23.2. The number of ether oxygens (including phenoxy) is 1. The SMILES string of the molecule is CCCC1=C([C@H](O)CC/C(=C/c2ccccc2O)CCC)[C@H](CO)[C@@H]2C(=O)N(C(=O)OC)C(=O)[C@@H]2C1. The minimum absolute atomic E-state index is 0.192. The number of para-hydroxylation sites is 1. The average Bonchev–Trinajstić information content (AvgIpc) is 3.12. The van der Waals surface area contributed by atoms with Crippen LogP contribution in [0.3, 0.4) is 0 Å². The van der Waals surface area contributed by atoms with Gasteiger partial charge >= 0.3 is 6.09 Å². The van der Waals surface area contributed by atoms with Crippen molar-refractivity contribution in [2.45, 2.75) is 64.9 Å². The second-order valence-electron chi connectivity index (χ2n) is 9.58. The Hall–Kier alpha value is -2.97. The number of carbonyl (C=O) groups excluding carboxylic acids is 3. The van der Waals surface area contributed by atoms with Crippen LogP contribution in [0.4, 0.5) is 4.79 Å². The number of phenols is 1. The van der Waals surface area contributed by atoms with Crippen LogP contribution in [0.1, 0.15) is 64.4 Å². The van der Waals surface area contributed by atoms with Crippen LogP contribution in [0.15, 0.2) is 41.0 Å². The molecule has 1 aliphatic carbocycles. The van der Waals surface area contributed by atoms with Gasteiger partial charge < -0.3 is 20.1 Å². The van der Waals surface area contributed by atoms with Crippen LogP contribution in [-0.4, -0.2) is 57.9 Å². The minimum Gasteiger partial charge on any atom is -0.507 e. The first-order valence-corrected chi connectivity index (χ1v) is 12.7. The lowest BCUT2D eigenvalue weighted by Gasteiger charge is -2.36. The molecule has 3 rings (SSSR count). The number of imide groups is 3. The lowest BCUT2D eigenvalue weighted by molar-refractivity contribution is -0.137. The quantitative estimate of drug-likeness (QED) is 0.326. The van der Waals surface area contributed by atoms with Gasteiger partial charge in [0, 0.05) is 11.5 Å². The molecule has 36 heavy (non-hydrogen) atoms. The number of allylic oxidation sites excluding steroid dienone is 2. The average molecular weight is 500 g/mol. The fraction of sp³-hybridized carbons (Fsp3) is 0.536. The van der Waals surface area contributed by atoms with Crippen LogP contribution >= 0.6 is 0 Å². The number of aliphatic hydroxyl groups is 2. The minimum atomic E-state index is -1.02. The van der Waals surface area contributed by atoms with Crippen LogP contribution < -0.4 is 0 Å². The van der Waals surface area contributed by atoms with Crippen molar-refractivity contribution < 1.29 is 34.4 Å². The van der Waals surface area contributed by atoms with Crippen molar-refractivity contribution >= 4 is 24.0 Å². The molecule has 8 nitrogen and oxygen atoms in total. The van der Waals surface area contributed by atoms with Crippen LogP contribution in [0.2, 0.25) is 0 Å². The Morgan fingerprint density at radius 1 is 1.17 bits per heavy atom. The first-order valence-electron chi connectivity index (χ1n) is 12.7. The van der Waals surface area contributed by atoms with Crippen molar-refractivity contribution in [3.63, 3.8) is 0 Å². The molecule has 2 aliphatic rings. The van der Waals surface area contributed by atoms with E-state index in [4.69, 9.17) is 0 Å². The molecule has 0 aromatic heterocycles. The van der Waals surface area contributed by atoms with Gasteiger partial charge in [-0.2, -0.15) is 4.90 Å². The molecule has 1 heterocycles. The molecule has 3 amide bonds. The molecule has 1 fully saturated rings. The highest BCUT2D eigenvalue weighted by Crippen LogP contribution is 2.47. The molecule has 8 heteroatoms. The second-order valence-corrected chi connectivity index (χ2v) is 9.58. The summed E-state index contributed by atoms with van der Waals surface area (Å²) in [5.41, 5.74) is 3.29.